The second kappa shape index (κ2) is 7.49. The Hall–Kier alpha value is -2.28. The van der Waals surface area contributed by atoms with Crippen LogP contribution in [0.1, 0.15) is 38.2 Å². The minimum atomic E-state index is -0.646. The molecule has 0 radical (unpaired) electrons. The topological polar surface area (TPSA) is 95.9 Å². The predicted molar refractivity (Wildman–Crippen MR) is 79.1 cm³/mol. The molecule has 1 saturated carbocycles. The van der Waals surface area contributed by atoms with E-state index in [-0.39, 0.29) is 7.25 Å². The number of ether oxygens (including phenoxy) is 1. The molecule has 0 saturated heterocycles. The molecule has 2 N–H and O–H groups in total. The van der Waals surface area contributed by atoms with Crippen LogP contribution in [0.4, 0.5) is 0 Å². The van der Waals surface area contributed by atoms with Gasteiger partial charge in [-0.1, -0.05) is 0 Å². The van der Waals surface area contributed by atoms with Crippen LogP contribution in [0.15, 0.2) is 31.0 Å². The zero-order chi connectivity index (χ0) is 15.1. The van der Waals surface area contributed by atoms with E-state index in [1.54, 1.807) is 29.4 Å². The van der Waals surface area contributed by atoms with Gasteiger partial charge in [-0.2, -0.15) is 0 Å². The molecule has 0 spiro atoms. The summed E-state index contributed by atoms with van der Waals surface area (Å²) in [6, 6.07) is 1.66. The normalized spacial score (nSPS) is 14.0. The Morgan fingerprint density at radius 1 is 1.52 bits per heavy atom. The number of aromatic nitrogens is 4. The van der Waals surface area contributed by atoms with Crippen molar-refractivity contribution in [3.05, 3.63) is 36.8 Å². The van der Waals surface area contributed by atoms with Gasteiger partial charge in [0.2, 0.25) is 5.82 Å². The monoisotopic (exact) mass is 291 g/mol. The van der Waals surface area contributed by atoms with Crippen LogP contribution in [0.3, 0.4) is 0 Å². The summed E-state index contributed by atoms with van der Waals surface area (Å²) < 4.78 is 6.94. The van der Waals surface area contributed by atoms with Crippen molar-refractivity contribution in [3.8, 4) is 5.82 Å². The lowest BCUT2D eigenvalue weighted by Gasteiger charge is -2.24. The highest BCUT2D eigenvalue weighted by atomic mass is 16.5. The molecule has 0 aromatic carbocycles. The van der Waals surface area contributed by atoms with E-state index in [1.807, 2.05) is 0 Å². The lowest BCUT2D eigenvalue weighted by atomic mass is 9.96. The molecular weight excluding hydrogens is 270 g/mol. The number of nitrogens with zero attached hydrogens (tertiary/aromatic N) is 4. The van der Waals surface area contributed by atoms with E-state index in [0.717, 1.165) is 6.61 Å². The van der Waals surface area contributed by atoms with Gasteiger partial charge in [-0.25, -0.2) is 15.0 Å². The maximum atomic E-state index is 10.8. The molecule has 0 unspecified atom stereocenters. The van der Waals surface area contributed by atoms with Crippen molar-refractivity contribution in [2.24, 2.45) is 5.73 Å². The average molecular weight is 291 g/mol. The lowest BCUT2D eigenvalue weighted by molar-refractivity contribution is 0.00994. The van der Waals surface area contributed by atoms with Gasteiger partial charge in [0.05, 0.1) is 6.10 Å². The minimum absolute atomic E-state index is 0. The molecule has 21 heavy (non-hydrogen) atoms. The molecule has 0 atom stereocenters. The van der Waals surface area contributed by atoms with E-state index in [2.05, 4.69) is 21.9 Å². The number of carbonyl (C=O) groups is 1. The molecule has 0 bridgehead atoms. The Labute approximate surface area is 124 Å². The molecule has 7 heteroatoms. The van der Waals surface area contributed by atoms with E-state index < -0.39 is 5.91 Å². The smallest absolute Gasteiger partial charge is 0.286 e. The van der Waals surface area contributed by atoms with Gasteiger partial charge >= 0.3 is 0 Å². The fourth-order valence-electron chi connectivity index (χ4n) is 1.78. The van der Waals surface area contributed by atoms with Crippen LogP contribution in [-0.4, -0.2) is 38.1 Å². The number of imidazole rings is 1. The minimum Gasteiger partial charge on any atom is -0.379 e. The van der Waals surface area contributed by atoms with Crippen LogP contribution in [0.2, 0.25) is 0 Å². The maximum absolute atomic E-state index is 10.8. The second-order valence-corrected chi connectivity index (χ2v) is 4.58. The van der Waals surface area contributed by atoms with Gasteiger partial charge in [0.15, 0.2) is 0 Å². The van der Waals surface area contributed by atoms with Crippen LogP contribution in [0.5, 0.6) is 0 Å². The highest BCUT2D eigenvalue weighted by Gasteiger charge is 2.16. The molecular formula is C14H21N5O2. The van der Waals surface area contributed by atoms with Gasteiger partial charge in [0.1, 0.15) is 12.1 Å². The highest BCUT2D eigenvalue weighted by Crippen LogP contribution is 2.21. The van der Waals surface area contributed by atoms with Crippen LogP contribution in [0.25, 0.3) is 5.82 Å². The summed E-state index contributed by atoms with van der Waals surface area (Å²) >= 11 is 0. The lowest BCUT2D eigenvalue weighted by Crippen LogP contribution is -2.20. The molecule has 7 nitrogen and oxygen atoms in total. The van der Waals surface area contributed by atoms with Crippen LogP contribution in [-0.2, 0) is 4.74 Å². The summed E-state index contributed by atoms with van der Waals surface area (Å²) in [4.78, 5) is 22.3. The quantitative estimate of drug-likeness (QED) is 0.922. The van der Waals surface area contributed by atoms with Crippen molar-refractivity contribution < 1.29 is 11.0 Å². The first-order chi connectivity index (χ1) is 10.2. The van der Waals surface area contributed by atoms with E-state index in [9.17, 15) is 4.79 Å². The average Bonchev–Trinajstić information content (AvgIpc) is 2.98. The van der Waals surface area contributed by atoms with Crippen LogP contribution in [0, 0.1) is 0 Å². The van der Waals surface area contributed by atoms with Gasteiger partial charge in [0.25, 0.3) is 5.91 Å². The molecule has 1 aliphatic rings. The SMILES string of the molecule is CCOC1CCC1.NC(=O)c1nccc(-n2ccnc2)n1.[HH]. The number of amides is 1. The fraction of sp³-hybridized carbons (Fsp3) is 0.429. The van der Waals surface area contributed by atoms with Crippen molar-refractivity contribution in [2.75, 3.05) is 6.61 Å². The molecule has 3 rings (SSSR count). The zero-order valence-electron chi connectivity index (χ0n) is 12.0. The number of carbonyl (C=O) groups excluding carboxylic acids is 1. The van der Waals surface area contributed by atoms with E-state index in [4.69, 9.17) is 10.5 Å². The molecule has 1 aliphatic carbocycles. The van der Waals surface area contributed by atoms with Crippen LogP contribution >= 0.6 is 0 Å². The predicted octanol–water partition coefficient (Wildman–Crippen LogP) is 1.58. The summed E-state index contributed by atoms with van der Waals surface area (Å²) in [7, 11) is 0. The standard InChI is InChI=1S/C8H7N5O.C6H12O.H2/c9-7(14)8-11-2-1-6(12-8)13-4-3-10-5-13;1-2-7-6-4-3-5-6;/h1-5H,(H2,9,14);6H,2-5H2,1H3;1H. The number of primary amides is 1. The summed E-state index contributed by atoms with van der Waals surface area (Å²) in [5.41, 5.74) is 5.05. The van der Waals surface area contributed by atoms with Crippen molar-refractivity contribution in [1.82, 2.24) is 19.5 Å². The number of rotatable bonds is 4. The van der Waals surface area contributed by atoms with Crippen molar-refractivity contribution in [3.63, 3.8) is 0 Å². The van der Waals surface area contributed by atoms with E-state index >= 15 is 0 Å². The first kappa shape index (κ1) is 15.1. The second-order valence-electron chi connectivity index (χ2n) is 4.58. The Morgan fingerprint density at radius 2 is 2.33 bits per heavy atom. The summed E-state index contributed by atoms with van der Waals surface area (Å²) in [5.74, 6) is -0.0885. The van der Waals surface area contributed by atoms with Crippen molar-refractivity contribution >= 4 is 5.91 Å². The number of hydrogen-bond donors (Lipinski definition) is 1. The van der Waals surface area contributed by atoms with Crippen molar-refractivity contribution in [1.29, 1.82) is 0 Å². The number of hydrogen-bond acceptors (Lipinski definition) is 5. The Bertz CT molecular complexity index is 572. The Kier molecular flexibility index (Phi) is 5.39. The molecule has 2 aromatic heterocycles. The third-order valence-electron chi connectivity index (χ3n) is 3.08. The van der Waals surface area contributed by atoms with Crippen molar-refractivity contribution in [2.45, 2.75) is 32.3 Å². The number of nitrogens with two attached hydrogens (primary N) is 1. The summed E-state index contributed by atoms with van der Waals surface area (Å²) in [5, 5.41) is 0. The fourth-order valence-corrected chi connectivity index (χ4v) is 1.78. The maximum Gasteiger partial charge on any atom is 0.286 e. The van der Waals surface area contributed by atoms with E-state index in [1.165, 1.54) is 25.5 Å². The molecule has 114 valence electrons. The third-order valence-corrected chi connectivity index (χ3v) is 3.08. The Morgan fingerprint density at radius 3 is 2.81 bits per heavy atom. The molecule has 2 heterocycles. The van der Waals surface area contributed by atoms with Gasteiger partial charge in [-0.05, 0) is 32.3 Å². The van der Waals surface area contributed by atoms with Gasteiger partial charge in [-0.15, -0.1) is 0 Å². The van der Waals surface area contributed by atoms with E-state index in [0.29, 0.717) is 11.9 Å². The first-order valence-electron chi connectivity index (χ1n) is 6.93. The summed E-state index contributed by atoms with van der Waals surface area (Å²) in [6.07, 6.45) is 11.0. The Balaban J connectivity index is 0.000000258. The van der Waals surface area contributed by atoms with Gasteiger partial charge in [0, 0.05) is 26.6 Å². The molecule has 0 aliphatic heterocycles. The first-order valence-corrected chi connectivity index (χ1v) is 6.93. The van der Waals surface area contributed by atoms with Gasteiger partial charge < -0.3 is 10.5 Å². The molecule has 2 aromatic rings. The van der Waals surface area contributed by atoms with Crippen LogP contribution < -0.4 is 5.73 Å². The largest absolute Gasteiger partial charge is 0.379 e. The van der Waals surface area contributed by atoms with Gasteiger partial charge in [-0.3, -0.25) is 9.36 Å². The summed E-state index contributed by atoms with van der Waals surface area (Å²) in [6.45, 7) is 2.95. The highest BCUT2D eigenvalue weighted by molar-refractivity contribution is 5.88. The third kappa shape index (κ3) is 4.35. The molecule has 1 fully saturated rings. The zero-order valence-corrected chi connectivity index (χ0v) is 12.0. The molecule has 1 amide bonds.